The van der Waals surface area contributed by atoms with Crippen molar-refractivity contribution >= 4 is 29.0 Å². The standard InChI is InChI=1S/C31H41ClN4O4/c1-8-40-26-15-14-22(32)18-24(26)25(37)16-17-31(3,4)19-27(38)33-28-29(21(2)20-34(5)6)35(7)36(30(28)39)23-12-10-9-11-13-23/h9-15,18,21H,8,16-17,19-20H2,1-7H3,(H,33,38)/t21-/m1/s1. The number of carbonyl (C=O) groups is 2. The van der Waals surface area contributed by atoms with Gasteiger partial charge < -0.3 is 15.0 Å². The van der Waals surface area contributed by atoms with Crippen molar-refractivity contribution in [2.75, 3.05) is 32.6 Å². The lowest BCUT2D eigenvalue weighted by Crippen LogP contribution is -2.27. The summed E-state index contributed by atoms with van der Waals surface area (Å²) in [5, 5.41) is 3.41. The van der Waals surface area contributed by atoms with Crippen LogP contribution in [0.4, 0.5) is 5.69 Å². The first-order valence-corrected chi connectivity index (χ1v) is 14.0. The number of rotatable bonds is 13. The number of carbonyl (C=O) groups excluding carboxylic acids is 2. The van der Waals surface area contributed by atoms with Gasteiger partial charge in [-0.1, -0.05) is 50.6 Å². The van der Waals surface area contributed by atoms with Gasteiger partial charge in [-0.15, -0.1) is 0 Å². The van der Waals surface area contributed by atoms with Crippen molar-refractivity contribution in [2.45, 2.75) is 52.9 Å². The summed E-state index contributed by atoms with van der Waals surface area (Å²) in [5.74, 6) is 0.130. The van der Waals surface area contributed by atoms with Gasteiger partial charge in [0.2, 0.25) is 5.91 Å². The van der Waals surface area contributed by atoms with E-state index < -0.39 is 5.41 Å². The fourth-order valence-corrected chi connectivity index (χ4v) is 5.26. The third-order valence-corrected chi connectivity index (χ3v) is 7.13. The van der Waals surface area contributed by atoms with Gasteiger partial charge in [-0.05, 0) is 63.2 Å². The monoisotopic (exact) mass is 568 g/mol. The molecule has 0 aliphatic carbocycles. The van der Waals surface area contributed by atoms with E-state index in [-0.39, 0.29) is 41.7 Å². The molecule has 0 bridgehead atoms. The van der Waals surface area contributed by atoms with Crippen molar-refractivity contribution in [1.29, 1.82) is 0 Å². The minimum absolute atomic E-state index is 0.0178. The van der Waals surface area contributed by atoms with Crippen molar-refractivity contribution in [2.24, 2.45) is 12.5 Å². The number of hydrogen-bond acceptors (Lipinski definition) is 5. The SMILES string of the molecule is CCOc1ccc(Cl)cc1C(=O)CCC(C)(C)CC(=O)Nc1c([C@H](C)CN(C)C)n(C)n(-c2ccccc2)c1=O. The van der Waals surface area contributed by atoms with Gasteiger partial charge in [-0.3, -0.25) is 19.1 Å². The molecule has 0 saturated carbocycles. The van der Waals surface area contributed by atoms with E-state index >= 15 is 0 Å². The van der Waals surface area contributed by atoms with E-state index in [1.165, 1.54) is 0 Å². The fourth-order valence-electron chi connectivity index (χ4n) is 5.09. The quantitative estimate of drug-likeness (QED) is 0.259. The number of amides is 1. The van der Waals surface area contributed by atoms with Gasteiger partial charge in [0.15, 0.2) is 5.78 Å². The average Bonchev–Trinajstić information content (AvgIpc) is 3.12. The molecular formula is C31H41ClN4O4. The molecule has 0 aliphatic heterocycles. The maximum Gasteiger partial charge on any atom is 0.295 e. The third-order valence-electron chi connectivity index (χ3n) is 6.89. The summed E-state index contributed by atoms with van der Waals surface area (Å²) in [4.78, 5) is 42.1. The van der Waals surface area contributed by atoms with Crippen molar-refractivity contribution < 1.29 is 14.3 Å². The van der Waals surface area contributed by atoms with Gasteiger partial charge in [0.05, 0.1) is 23.6 Å². The lowest BCUT2D eigenvalue weighted by atomic mass is 9.82. The van der Waals surface area contributed by atoms with Crippen molar-refractivity contribution in [3.8, 4) is 11.4 Å². The smallest absolute Gasteiger partial charge is 0.295 e. The number of para-hydroxylation sites is 1. The second kappa shape index (κ2) is 13.3. The van der Waals surface area contributed by atoms with Crippen LogP contribution in [0.1, 0.15) is 68.9 Å². The Hall–Kier alpha value is -3.36. The van der Waals surface area contributed by atoms with Crippen LogP contribution in [0.2, 0.25) is 5.02 Å². The number of ether oxygens (including phenoxy) is 1. The highest BCUT2D eigenvalue weighted by Crippen LogP contribution is 2.31. The topological polar surface area (TPSA) is 85.6 Å². The molecule has 0 spiro atoms. The van der Waals surface area contributed by atoms with Gasteiger partial charge in [0, 0.05) is 37.4 Å². The number of hydrogen-bond donors (Lipinski definition) is 1. The summed E-state index contributed by atoms with van der Waals surface area (Å²) >= 11 is 6.13. The molecule has 0 saturated heterocycles. The van der Waals surface area contributed by atoms with E-state index in [2.05, 4.69) is 10.2 Å². The molecular weight excluding hydrogens is 528 g/mol. The molecule has 1 heterocycles. The Balaban J connectivity index is 1.80. The fraction of sp³-hybridized carbons (Fsp3) is 0.452. The molecule has 1 atom stereocenters. The van der Waals surface area contributed by atoms with E-state index in [1.807, 2.05) is 83.9 Å². The summed E-state index contributed by atoms with van der Waals surface area (Å²) < 4.78 is 9.02. The molecule has 3 rings (SSSR count). The maximum absolute atomic E-state index is 13.6. The molecule has 0 fully saturated rings. The molecule has 1 N–H and O–H groups in total. The molecule has 2 aromatic carbocycles. The molecule has 0 radical (unpaired) electrons. The van der Waals surface area contributed by atoms with Crippen LogP contribution >= 0.6 is 11.6 Å². The first-order valence-electron chi connectivity index (χ1n) is 13.6. The zero-order valence-corrected chi connectivity index (χ0v) is 25.3. The van der Waals surface area contributed by atoms with Crippen LogP contribution in [0.15, 0.2) is 53.3 Å². The van der Waals surface area contributed by atoms with Gasteiger partial charge in [0.1, 0.15) is 11.4 Å². The van der Waals surface area contributed by atoms with Crippen molar-refractivity contribution in [3.05, 3.63) is 75.2 Å². The minimum Gasteiger partial charge on any atom is -0.493 e. The Labute approximate surface area is 241 Å². The van der Waals surface area contributed by atoms with E-state index in [1.54, 1.807) is 22.9 Å². The summed E-state index contributed by atoms with van der Waals surface area (Å²) in [7, 11) is 5.80. The summed E-state index contributed by atoms with van der Waals surface area (Å²) in [6.45, 7) is 8.94. The lowest BCUT2D eigenvalue weighted by Gasteiger charge is -2.24. The van der Waals surface area contributed by atoms with Crippen LogP contribution in [0, 0.1) is 5.41 Å². The van der Waals surface area contributed by atoms with Gasteiger partial charge in [-0.25, -0.2) is 4.68 Å². The Morgan fingerprint density at radius 1 is 1.12 bits per heavy atom. The minimum atomic E-state index is -0.493. The number of aromatic nitrogens is 2. The molecule has 216 valence electrons. The Morgan fingerprint density at radius 3 is 2.42 bits per heavy atom. The molecule has 40 heavy (non-hydrogen) atoms. The van der Waals surface area contributed by atoms with Gasteiger partial charge in [-0.2, -0.15) is 0 Å². The number of ketones is 1. The second-order valence-corrected chi connectivity index (χ2v) is 11.7. The first kappa shape index (κ1) is 31.2. The number of Topliss-reactive ketones (excluding diaryl/α,β-unsaturated/α-hetero) is 1. The van der Waals surface area contributed by atoms with Crippen molar-refractivity contribution in [3.63, 3.8) is 0 Å². The van der Waals surface area contributed by atoms with Crippen LogP contribution < -0.4 is 15.6 Å². The van der Waals surface area contributed by atoms with Crippen molar-refractivity contribution in [1.82, 2.24) is 14.3 Å². The highest BCUT2D eigenvalue weighted by molar-refractivity contribution is 6.31. The normalized spacial score (nSPS) is 12.4. The largest absolute Gasteiger partial charge is 0.493 e. The van der Waals surface area contributed by atoms with Crippen LogP contribution in [0.5, 0.6) is 5.75 Å². The van der Waals surface area contributed by atoms with Crippen LogP contribution in [-0.4, -0.2) is 53.2 Å². The predicted molar refractivity (Wildman–Crippen MR) is 161 cm³/mol. The number of likely N-dealkylation sites (N-methyl/N-ethyl adjacent to an activating group) is 1. The Bertz CT molecular complexity index is 1390. The summed E-state index contributed by atoms with van der Waals surface area (Å²) in [6.07, 6.45) is 0.859. The molecule has 1 aromatic heterocycles. The van der Waals surface area contributed by atoms with Crippen LogP contribution in [0.25, 0.3) is 5.69 Å². The third kappa shape index (κ3) is 7.64. The Kier molecular flexibility index (Phi) is 10.4. The lowest BCUT2D eigenvalue weighted by molar-refractivity contribution is -0.118. The number of anilines is 1. The number of benzene rings is 2. The number of nitrogens with one attached hydrogen (secondary N) is 1. The molecule has 8 nitrogen and oxygen atoms in total. The number of halogens is 1. The van der Waals surface area contributed by atoms with E-state index in [4.69, 9.17) is 16.3 Å². The van der Waals surface area contributed by atoms with E-state index in [0.29, 0.717) is 35.9 Å². The molecule has 0 unspecified atom stereocenters. The first-order chi connectivity index (χ1) is 18.8. The zero-order valence-electron chi connectivity index (χ0n) is 24.6. The Morgan fingerprint density at radius 2 is 1.80 bits per heavy atom. The molecule has 0 aliphatic rings. The molecule has 9 heteroatoms. The van der Waals surface area contributed by atoms with Gasteiger partial charge >= 0.3 is 0 Å². The maximum atomic E-state index is 13.6. The predicted octanol–water partition coefficient (Wildman–Crippen LogP) is 5.91. The average molecular weight is 569 g/mol. The second-order valence-electron chi connectivity index (χ2n) is 11.3. The van der Waals surface area contributed by atoms with E-state index in [0.717, 1.165) is 11.4 Å². The van der Waals surface area contributed by atoms with E-state index in [9.17, 15) is 14.4 Å². The highest BCUT2D eigenvalue weighted by Gasteiger charge is 2.28. The number of nitrogens with zero attached hydrogens (tertiary/aromatic N) is 3. The molecule has 1 amide bonds. The molecule has 3 aromatic rings. The van der Waals surface area contributed by atoms with Crippen LogP contribution in [-0.2, 0) is 11.8 Å². The van der Waals surface area contributed by atoms with Crippen LogP contribution in [0.3, 0.4) is 0 Å². The van der Waals surface area contributed by atoms with Gasteiger partial charge in [0.25, 0.3) is 5.56 Å². The zero-order chi connectivity index (χ0) is 29.6. The summed E-state index contributed by atoms with van der Waals surface area (Å²) in [5.41, 5.74) is 1.44. The summed E-state index contributed by atoms with van der Waals surface area (Å²) in [6, 6.07) is 14.4. The highest BCUT2D eigenvalue weighted by atomic mass is 35.5.